The third-order valence-electron chi connectivity index (χ3n) is 4.86. The van der Waals surface area contributed by atoms with Gasteiger partial charge in [0.05, 0.1) is 11.0 Å². The van der Waals surface area contributed by atoms with Gasteiger partial charge in [0, 0.05) is 31.5 Å². The van der Waals surface area contributed by atoms with Crippen molar-refractivity contribution in [3.8, 4) is 11.1 Å². The molecule has 2 aromatic carbocycles. The number of sulfonamides is 1. The fraction of sp³-hybridized carbons (Fsp3) is 0.100. The van der Waals surface area contributed by atoms with Crippen LogP contribution in [0.3, 0.4) is 0 Å². The van der Waals surface area contributed by atoms with Gasteiger partial charge in [-0.3, -0.25) is 4.72 Å². The van der Waals surface area contributed by atoms with Crippen LogP contribution in [-0.4, -0.2) is 49.2 Å². The molecule has 0 saturated carbocycles. The SMILES string of the molecule is CN(C)S(=O)(=O)n1c(N)nc2ccc(-c3cnc(N)c(S(=O)(=O)Nc4ccccc4)c3)cc21. The predicted octanol–water partition coefficient (Wildman–Crippen LogP) is 1.72. The van der Waals surface area contributed by atoms with E-state index in [-0.39, 0.29) is 22.2 Å². The van der Waals surface area contributed by atoms with Crippen LogP contribution >= 0.6 is 0 Å². The maximum Gasteiger partial charge on any atom is 0.310 e. The van der Waals surface area contributed by atoms with Crippen LogP contribution in [0.5, 0.6) is 0 Å². The van der Waals surface area contributed by atoms with Crippen LogP contribution in [0.1, 0.15) is 0 Å². The van der Waals surface area contributed by atoms with Crippen LogP contribution in [0.15, 0.2) is 65.7 Å². The molecule has 4 aromatic rings. The first kappa shape index (κ1) is 22.5. The van der Waals surface area contributed by atoms with Crippen molar-refractivity contribution in [3.05, 3.63) is 60.8 Å². The number of anilines is 3. The minimum Gasteiger partial charge on any atom is -0.383 e. The van der Waals surface area contributed by atoms with Crippen molar-refractivity contribution >= 4 is 48.7 Å². The molecule has 0 fully saturated rings. The summed E-state index contributed by atoms with van der Waals surface area (Å²) in [6, 6.07) is 14.5. The monoisotopic (exact) mass is 487 g/mol. The molecule has 0 aliphatic heterocycles. The molecule has 0 spiro atoms. The number of para-hydroxylation sites is 1. The zero-order chi connectivity index (χ0) is 24.0. The van der Waals surface area contributed by atoms with Gasteiger partial charge < -0.3 is 11.5 Å². The van der Waals surface area contributed by atoms with E-state index in [1.165, 1.54) is 26.4 Å². The molecule has 2 heterocycles. The molecule has 0 saturated heterocycles. The molecule has 0 atom stereocenters. The second kappa shape index (κ2) is 8.03. The first-order valence-corrected chi connectivity index (χ1v) is 12.4. The van der Waals surface area contributed by atoms with Gasteiger partial charge in [0.2, 0.25) is 5.95 Å². The Morgan fingerprint density at radius 3 is 2.30 bits per heavy atom. The third-order valence-corrected chi connectivity index (χ3v) is 8.04. The Kier molecular flexibility index (Phi) is 5.47. The molecule has 0 radical (unpaired) electrons. The van der Waals surface area contributed by atoms with Crippen LogP contribution in [0.2, 0.25) is 0 Å². The van der Waals surface area contributed by atoms with Gasteiger partial charge in [0.1, 0.15) is 10.7 Å². The van der Waals surface area contributed by atoms with Crippen molar-refractivity contribution in [1.29, 1.82) is 0 Å². The Balaban J connectivity index is 1.83. The average Bonchev–Trinajstić information content (AvgIpc) is 3.09. The van der Waals surface area contributed by atoms with Crippen molar-refractivity contribution in [2.45, 2.75) is 4.90 Å². The zero-order valence-corrected chi connectivity index (χ0v) is 19.3. The average molecular weight is 488 g/mol. The molecule has 13 heteroatoms. The normalized spacial score (nSPS) is 12.3. The van der Waals surface area contributed by atoms with Gasteiger partial charge in [-0.2, -0.15) is 16.7 Å². The Morgan fingerprint density at radius 2 is 1.64 bits per heavy atom. The van der Waals surface area contributed by atoms with E-state index in [2.05, 4.69) is 14.7 Å². The van der Waals surface area contributed by atoms with E-state index < -0.39 is 20.2 Å². The van der Waals surface area contributed by atoms with Gasteiger partial charge in [0.15, 0.2) is 0 Å². The molecule has 0 aliphatic rings. The highest BCUT2D eigenvalue weighted by molar-refractivity contribution is 7.92. The van der Waals surface area contributed by atoms with Gasteiger partial charge >= 0.3 is 10.2 Å². The molecule has 0 amide bonds. The lowest BCUT2D eigenvalue weighted by Crippen LogP contribution is -2.29. The highest BCUT2D eigenvalue weighted by Gasteiger charge is 2.24. The number of fused-ring (bicyclic) bond motifs is 1. The first-order valence-electron chi connectivity index (χ1n) is 9.55. The highest BCUT2D eigenvalue weighted by Crippen LogP contribution is 2.30. The number of hydrogen-bond donors (Lipinski definition) is 3. The number of rotatable bonds is 6. The summed E-state index contributed by atoms with van der Waals surface area (Å²) >= 11 is 0. The van der Waals surface area contributed by atoms with E-state index in [1.54, 1.807) is 48.5 Å². The lowest BCUT2D eigenvalue weighted by Gasteiger charge is -2.14. The Labute approximate surface area is 190 Å². The lowest BCUT2D eigenvalue weighted by atomic mass is 10.1. The van der Waals surface area contributed by atoms with Crippen LogP contribution in [0, 0.1) is 0 Å². The van der Waals surface area contributed by atoms with Crippen LogP contribution in [-0.2, 0) is 20.2 Å². The molecular formula is C20H21N7O4S2. The number of pyridine rings is 1. The maximum absolute atomic E-state index is 12.9. The minimum absolute atomic E-state index is 0.173. The van der Waals surface area contributed by atoms with E-state index in [9.17, 15) is 16.8 Å². The number of nitrogens with one attached hydrogen (secondary N) is 1. The second-order valence-electron chi connectivity index (χ2n) is 7.31. The number of nitrogen functional groups attached to an aromatic ring is 2. The summed E-state index contributed by atoms with van der Waals surface area (Å²) in [6.07, 6.45) is 1.41. The van der Waals surface area contributed by atoms with Crippen molar-refractivity contribution in [3.63, 3.8) is 0 Å². The quantitative estimate of drug-likeness (QED) is 0.369. The molecule has 2 aromatic heterocycles. The second-order valence-corrected chi connectivity index (χ2v) is 10.9. The Morgan fingerprint density at radius 1 is 0.939 bits per heavy atom. The lowest BCUT2D eigenvalue weighted by molar-refractivity contribution is 0.513. The van der Waals surface area contributed by atoms with Crippen LogP contribution in [0.4, 0.5) is 17.5 Å². The van der Waals surface area contributed by atoms with Crippen LogP contribution < -0.4 is 16.2 Å². The number of imidazole rings is 1. The van der Waals surface area contributed by atoms with E-state index >= 15 is 0 Å². The Bertz CT molecular complexity index is 1570. The fourth-order valence-corrected chi connectivity index (χ4v) is 5.37. The number of aromatic nitrogens is 3. The van der Waals surface area contributed by atoms with E-state index in [0.29, 0.717) is 22.3 Å². The summed E-state index contributed by atoms with van der Waals surface area (Å²) in [5.41, 5.74) is 13.6. The van der Waals surface area contributed by atoms with E-state index in [0.717, 1.165) is 8.28 Å². The molecule has 172 valence electrons. The molecule has 4 rings (SSSR count). The standard InChI is InChI=1S/C20H21N7O4S2/c1-26(2)33(30,31)27-17-10-13(8-9-16(17)24-20(27)22)14-11-18(19(21)23-12-14)32(28,29)25-15-6-4-3-5-7-15/h3-12,25H,1-2H3,(H2,21,23)(H2,22,24). The largest absolute Gasteiger partial charge is 0.383 e. The van der Waals surface area contributed by atoms with Gasteiger partial charge in [0.25, 0.3) is 10.0 Å². The number of hydrogen-bond acceptors (Lipinski definition) is 8. The third kappa shape index (κ3) is 4.08. The molecular weight excluding hydrogens is 466 g/mol. The summed E-state index contributed by atoms with van der Waals surface area (Å²) in [4.78, 5) is 7.93. The maximum atomic E-state index is 12.9. The zero-order valence-electron chi connectivity index (χ0n) is 17.7. The van der Waals surface area contributed by atoms with Crippen molar-refractivity contribution in [2.24, 2.45) is 0 Å². The summed E-state index contributed by atoms with van der Waals surface area (Å²) in [7, 11) is -5.21. The molecule has 0 aliphatic carbocycles. The van der Waals surface area contributed by atoms with Gasteiger partial charge in [-0.1, -0.05) is 24.3 Å². The van der Waals surface area contributed by atoms with E-state index in [1.807, 2.05) is 0 Å². The molecule has 0 unspecified atom stereocenters. The molecule has 33 heavy (non-hydrogen) atoms. The van der Waals surface area contributed by atoms with E-state index in [4.69, 9.17) is 11.5 Å². The van der Waals surface area contributed by atoms with Crippen molar-refractivity contribution in [2.75, 3.05) is 30.3 Å². The first-order chi connectivity index (χ1) is 15.5. The fourth-order valence-electron chi connectivity index (χ4n) is 3.20. The van der Waals surface area contributed by atoms with Gasteiger partial charge in [-0.15, -0.1) is 0 Å². The molecule has 0 bridgehead atoms. The molecule has 5 N–H and O–H groups in total. The number of nitrogens with two attached hydrogens (primary N) is 2. The summed E-state index contributed by atoms with van der Waals surface area (Å²) < 4.78 is 55.7. The van der Waals surface area contributed by atoms with Crippen molar-refractivity contribution < 1.29 is 16.8 Å². The highest BCUT2D eigenvalue weighted by atomic mass is 32.2. The summed E-state index contributed by atoms with van der Waals surface area (Å²) in [5.74, 6) is -0.366. The predicted molar refractivity (Wildman–Crippen MR) is 127 cm³/mol. The van der Waals surface area contributed by atoms with Crippen molar-refractivity contribution in [1.82, 2.24) is 18.2 Å². The topological polar surface area (TPSA) is 166 Å². The summed E-state index contributed by atoms with van der Waals surface area (Å²) in [6.45, 7) is 0. The van der Waals surface area contributed by atoms with Crippen LogP contribution in [0.25, 0.3) is 22.2 Å². The minimum atomic E-state index is -4.03. The van der Waals surface area contributed by atoms with Gasteiger partial charge in [-0.25, -0.2) is 18.4 Å². The smallest absolute Gasteiger partial charge is 0.310 e. The number of nitrogens with zero attached hydrogens (tertiary/aromatic N) is 4. The number of benzene rings is 2. The Hall–Kier alpha value is -3.68. The summed E-state index contributed by atoms with van der Waals surface area (Å²) in [5, 5.41) is 0. The molecule has 11 nitrogen and oxygen atoms in total. The van der Waals surface area contributed by atoms with Gasteiger partial charge in [-0.05, 0) is 35.9 Å².